The number of aromatic nitrogens is 2. The molecule has 0 unspecified atom stereocenters. The molecule has 1 fully saturated rings. The third-order valence-corrected chi connectivity index (χ3v) is 5.21. The largest absolute Gasteiger partial charge is 0.416 e. The van der Waals surface area contributed by atoms with Crippen molar-refractivity contribution in [1.82, 2.24) is 9.97 Å². The fourth-order valence-corrected chi connectivity index (χ4v) is 3.78. The van der Waals surface area contributed by atoms with Gasteiger partial charge in [-0.1, -0.05) is 24.3 Å². The Bertz CT molecular complexity index is 972. The van der Waals surface area contributed by atoms with Crippen LogP contribution in [0.1, 0.15) is 23.5 Å². The SMILES string of the molecule is O=C(Nc1nc(-c2ccccn2)cs1)[C@H]1C[C@@H]1c1ccccc1C(F)(F)F. The van der Waals surface area contributed by atoms with Gasteiger partial charge in [0, 0.05) is 17.5 Å². The van der Waals surface area contributed by atoms with E-state index in [1.54, 1.807) is 23.7 Å². The highest BCUT2D eigenvalue weighted by atomic mass is 32.1. The van der Waals surface area contributed by atoms with Crippen LogP contribution in [0, 0.1) is 5.92 Å². The number of benzene rings is 1. The van der Waals surface area contributed by atoms with Crippen molar-refractivity contribution in [2.24, 2.45) is 5.92 Å². The Hall–Kier alpha value is -2.74. The number of rotatable bonds is 4. The molecule has 1 amide bonds. The number of carbonyl (C=O) groups excluding carboxylic acids is 1. The van der Waals surface area contributed by atoms with Crippen molar-refractivity contribution in [1.29, 1.82) is 0 Å². The average molecular weight is 389 g/mol. The summed E-state index contributed by atoms with van der Waals surface area (Å²) in [5.74, 6) is -1.20. The molecule has 3 aromatic rings. The Morgan fingerprint density at radius 1 is 1.11 bits per heavy atom. The summed E-state index contributed by atoms with van der Waals surface area (Å²) in [7, 11) is 0. The van der Waals surface area contributed by atoms with Crippen LogP contribution >= 0.6 is 11.3 Å². The molecule has 2 atom stereocenters. The molecule has 1 aromatic carbocycles. The number of thiazole rings is 1. The number of hydrogen-bond acceptors (Lipinski definition) is 4. The van der Waals surface area contributed by atoms with Gasteiger partial charge >= 0.3 is 6.18 Å². The van der Waals surface area contributed by atoms with E-state index in [2.05, 4.69) is 15.3 Å². The highest BCUT2D eigenvalue weighted by Crippen LogP contribution is 2.51. The van der Waals surface area contributed by atoms with Crippen LogP contribution in [-0.2, 0) is 11.0 Å². The fraction of sp³-hybridized carbons (Fsp3) is 0.211. The van der Waals surface area contributed by atoms with Crippen molar-refractivity contribution >= 4 is 22.4 Å². The second-order valence-electron chi connectivity index (χ2n) is 6.28. The number of pyridine rings is 1. The number of carbonyl (C=O) groups is 1. The molecule has 27 heavy (non-hydrogen) atoms. The van der Waals surface area contributed by atoms with E-state index in [9.17, 15) is 18.0 Å². The topological polar surface area (TPSA) is 54.9 Å². The maximum absolute atomic E-state index is 13.2. The van der Waals surface area contributed by atoms with Gasteiger partial charge in [-0.15, -0.1) is 11.3 Å². The van der Waals surface area contributed by atoms with Gasteiger partial charge in [0.2, 0.25) is 5.91 Å². The van der Waals surface area contributed by atoms with Crippen molar-refractivity contribution in [3.63, 3.8) is 0 Å². The molecule has 1 saturated carbocycles. The minimum absolute atomic E-state index is 0.179. The predicted molar refractivity (Wildman–Crippen MR) is 96.3 cm³/mol. The molecular formula is C19H14F3N3OS. The molecule has 4 rings (SSSR count). The van der Waals surface area contributed by atoms with Crippen LogP contribution in [0.25, 0.3) is 11.4 Å². The van der Waals surface area contributed by atoms with Crippen molar-refractivity contribution in [2.75, 3.05) is 5.32 Å². The van der Waals surface area contributed by atoms with Gasteiger partial charge in [0.1, 0.15) is 5.69 Å². The molecule has 0 saturated heterocycles. The molecule has 2 aromatic heterocycles. The summed E-state index contributed by atoms with van der Waals surface area (Å²) in [6.07, 6.45) is -2.37. The zero-order valence-corrected chi connectivity index (χ0v) is 14.7. The molecule has 0 radical (unpaired) electrons. The van der Waals surface area contributed by atoms with Gasteiger partial charge in [-0.2, -0.15) is 13.2 Å². The van der Waals surface area contributed by atoms with E-state index < -0.39 is 23.6 Å². The molecule has 4 nitrogen and oxygen atoms in total. The minimum Gasteiger partial charge on any atom is -0.302 e. The van der Waals surface area contributed by atoms with Crippen LogP contribution in [0.4, 0.5) is 18.3 Å². The van der Waals surface area contributed by atoms with E-state index in [0.29, 0.717) is 22.9 Å². The van der Waals surface area contributed by atoms with E-state index in [1.807, 2.05) is 12.1 Å². The summed E-state index contributed by atoms with van der Waals surface area (Å²) in [4.78, 5) is 21.0. The summed E-state index contributed by atoms with van der Waals surface area (Å²) in [5, 5.41) is 4.90. The van der Waals surface area contributed by atoms with E-state index in [-0.39, 0.29) is 11.5 Å². The lowest BCUT2D eigenvalue weighted by Gasteiger charge is -2.12. The zero-order chi connectivity index (χ0) is 19.0. The van der Waals surface area contributed by atoms with Gasteiger partial charge in [0.15, 0.2) is 5.13 Å². The molecule has 2 heterocycles. The molecule has 1 aliphatic carbocycles. The number of nitrogens with zero attached hydrogens (tertiary/aromatic N) is 2. The summed E-state index contributed by atoms with van der Waals surface area (Å²) in [5.41, 5.74) is 0.846. The Morgan fingerprint density at radius 2 is 1.89 bits per heavy atom. The smallest absolute Gasteiger partial charge is 0.302 e. The second kappa shape index (κ2) is 6.77. The zero-order valence-electron chi connectivity index (χ0n) is 13.9. The van der Waals surface area contributed by atoms with Gasteiger partial charge in [-0.25, -0.2) is 4.98 Å². The van der Waals surface area contributed by atoms with Crippen LogP contribution in [0.15, 0.2) is 54.0 Å². The number of hydrogen-bond donors (Lipinski definition) is 1. The van der Waals surface area contributed by atoms with E-state index in [4.69, 9.17) is 0 Å². The van der Waals surface area contributed by atoms with Crippen LogP contribution in [0.2, 0.25) is 0 Å². The first kappa shape index (κ1) is 17.7. The maximum atomic E-state index is 13.2. The van der Waals surface area contributed by atoms with Gasteiger partial charge in [-0.3, -0.25) is 9.78 Å². The first-order valence-corrected chi connectivity index (χ1v) is 9.15. The first-order chi connectivity index (χ1) is 12.9. The van der Waals surface area contributed by atoms with Crippen molar-refractivity contribution in [2.45, 2.75) is 18.5 Å². The summed E-state index contributed by atoms with van der Waals surface area (Å²) in [6.45, 7) is 0. The number of anilines is 1. The Kier molecular flexibility index (Phi) is 4.43. The number of nitrogens with one attached hydrogen (secondary N) is 1. The summed E-state index contributed by atoms with van der Waals surface area (Å²) >= 11 is 1.26. The predicted octanol–water partition coefficient (Wildman–Crippen LogP) is 4.97. The number of amides is 1. The van der Waals surface area contributed by atoms with Gasteiger partial charge in [-0.05, 0) is 36.1 Å². The first-order valence-electron chi connectivity index (χ1n) is 8.27. The standard InChI is InChI=1S/C19H14F3N3OS/c20-19(21,22)14-6-2-1-5-11(14)12-9-13(12)17(26)25-18-24-16(10-27-18)15-7-3-4-8-23-15/h1-8,10,12-13H,9H2,(H,24,25,26)/t12-,13+/m1/s1. The Morgan fingerprint density at radius 3 is 2.63 bits per heavy atom. The fourth-order valence-electron chi connectivity index (χ4n) is 3.07. The third-order valence-electron chi connectivity index (χ3n) is 4.45. The Balaban J connectivity index is 1.45. The molecule has 0 spiro atoms. The number of halogens is 3. The second-order valence-corrected chi connectivity index (χ2v) is 7.13. The minimum atomic E-state index is -4.42. The maximum Gasteiger partial charge on any atom is 0.416 e. The average Bonchev–Trinajstić information content (AvgIpc) is 3.33. The molecular weight excluding hydrogens is 375 g/mol. The van der Waals surface area contributed by atoms with Crippen LogP contribution in [-0.4, -0.2) is 15.9 Å². The highest BCUT2D eigenvalue weighted by Gasteiger charge is 2.48. The molecule has 138 valence electrons. The lowest BCUT2D eigenvalue weighted by atomic mass is 10.0. The van der Waals surface area contributed by atoms with Crippen molar-refractivity contribution < 1.29 is 18.0 Å². The van der Waals surface area contributed by atoms with Crippen LogP contribution in [0.3, 0.4) is 0 Å². The van der Waals surface area contributed by atoms with E-state index >= 15 is 0 Å². The third kappa shape index (κ3) is 3.71. The van der Waals surface area contributed by atoms with E-state index in [0.717, 1.165) is 6.07 Å². The molecule has 1 aliphatic rings. The van der Waals surface area contributed by atoms with E-state index in [1.165, 1.54) is 23.5 Å². The monoisotopic (exact) mass is 389 g/mol. The highest BCUT2D eigenvalue weighted by molar-refractivity contribution is 7.14. The summed E-state index contributed by atoms with van der Waals surface area (Å²) in [6, 6.07) is 10.9. The quantitative estimate of drug-likeness (QED) is 0.686. The van der Waals surface area contributed by atoms with Gasteiger partial charge < -0.3 is 5.32 Å². The normalized spacial score (nSPS) is 18.9. The summed E-state index contributed by atoms with van der Waals surface area (Å²) < 4.78 is 39.5. The molecule has 0 bridgehead atoms. The molecule has 1 N–H and O–H groups in total. The molecule has 0 aliphatic heterocycles. The lowest BCUT2D eigenvalue weighted by Crippen LogP contribution is -2.15. The Labute approximate surface area is 157 Å². The van der Waals surface area contributed by atoms with Crippen molar-refractivity contribution in [3.8, 4) is 11.4 Å². The number of alkyl halides is 3. The van der Waals surface area contributed by atoms with Gasteiger partial charge in [0.05, 0.1) is 11.3 Å². The van der Waals surface area contributed by atoms with Crippen molar-refractivity contribution in [3.05, 3.63) is 65.2 Å². The van der Waals surface area contributed by atoms with Crippen LogP contribution in [0.5, 0.6) is 0 Å². The van der Waals surface area contributed by atoms with Gasteiger partial charge in [0.25, 0.3) is 0 Å². The lowest BCUT2D eigenvalue weighted by molar-refractivity contribution is -0.138. The van der Waals surface area contributed by atoms with Crippen LogP contribution < -0.4 is 5.32 Å². The molecule has 8 heteroatoms.